The fraction of sp³-hybridized carbons (Fsp3) is 0.379. The van der Waals surface area contributed by atoms with E-state index < -0.39 is 34.0 Å². The van der Waals surface area contributed by atoms with Gasteiger partial charge in [-0.2, -0.15) is 0 Å². The van der Waals surface area contributed by atoms with Crippen LogP contribution in [-0.2, 0) is 25.6 Å². The van der Waals surface area contributed by atoms with Crippen molar-refractivity contribution < 1.29 is 28.4 Å². The number of allylic oxidation sites excluding steroid dienone is 2. The highest BCUT2D eigenvalue weighted by atomic mass is 19.1. The summed E-state index contributed by atoms with van der Waals surface area (Å²) in [6.07, 6.45) is 0. The molecule has 10 heteroatoms. The van der Waals surface area contributed by atoms with Gasteiger partial charge in [-0.05, 0) is 32.5 Å². The van der Waals surface area contributed by atoms with Crippen molar-refractivity contribution in [1.82, 2.24) is 10.2 Å². The quantitative estimate of drug-likeness (QED) is 0.259. The number of halogens is 1. The molecule has 0 spiro atoms. The van der Waals surface area contributed by atoms with Gasteiger partial charge < -0.3 is 19.7 Å². The van der Waals surface area contributed by atoms with Crippen LogP contribution < -0.4 is 5.32 Å². The molecule has 0 radical (unpaired) electrons. The maximum atomic E-state index is 15.1. The molecule has 0 saturated carbocycles. The molecule has 2 aromatic carbocycles. The van der Waals surface area contributed by atoms with Crippen LogP contribution in [0.15, 0.2) is 71.1 Å². The van der Waals surface area contributed by atoms with Crippen molar-refractivity contribution in [3.05, 3.63) is 98.1 Å². The van der Waals surface area contributed by atoms with Crippen molar-refractivity contribution in [2.45, 2.75) is 40.2 Å². The van der Waals surface area contributed by atoms with Crippen LogP contribution in [0.1, 0.15) is 44.7 Å². The lowest BCUT2D eigenvalue weighted by molar-refractivity contribution is -0.385. The van der Waals surface area contributed by atoms with Gasteiger partial charge in [0.25, 0.3) is 5.69 Å². The zero-order chi connectivity index (χ0) is 28.9. The van der Waals surface area contributed by atoms with Crippen LogP contribution in [0.2, 0.25) is 0 Å². The second-order valence-electron chi connectivity index (χ2n) is 10.5. The van der Waals surface area contributed by atoms with Crippen molar-refractivity contribution in [1.29, 1.82) is 0 Å². The summed E-state index contributed by atoms with van der Waals surface area (Å²) in [5.74, 6) is -3.63. The largest absolute Gasteiger partial charge is 0.466 e. The highest BCUT2D eigenvalue weighted by Crippen LogP contribution is 2.41. The molecule has 1 aliphatic rings. The number of benzene rings is 2. The van der Waals surface area contributed by atoms with Crippen molar-refractivity contribution in [2.24, 2.45) is 5.41 Å². The first-order valence-corrected chi connectivity index (χ1v) is 12.4. The first-order valence-electron chi connectivity index (χ1n) is 12.4. The molecule has 0 saturated heterocycles. The number of methoxy groups -OCH3 is 1. The predicted octanol–water partition coefficient (Wildman–Crippen LogP) is 4.84. The van der Waals surface area contributed by atoms with Crippen LogP contribution in [0.25, 0.3) is 0 Å². The topological polar surface area (TPSA) is 111 Å². The van der Waals surface area contributed by atoms with Gasteiger partial charge in [0.15, 0.2) is 0 Å². The number of nitrogens with one attached hydrogen (secondary N) is 1. The summed E-state index contributed by atoms with van der Waals surface area (Å²) < 4.78 is 25.8. The van der Waals surface area contributed by atoms with Crippen LogP contribution in [0.4, 0.5) is 10.1 Å². The molecule has 1 N–H and O–H groups in total. The minimum Gasteiger partial charge on any atom is -0.466 e. The lowest BCUT2D eigenvalue weighted by atomic mass is 9.80. The third-order valence-electron chi connectivity index (χ3n) is 6.47. The second-order valence-corrected chi connectivity index (χ2v) is 10.5. The minimum absolute atomic E-state index is 0.0196. The molecule has 0 bridgehead atoms. The molecule has 1 aliphatic heterocycles. The standard InChI is InChI=1S/C29H34FN3O6/c1-18-24(27(34)38-6)26(22-14-21(33(36)37)12-13-23(22)30)25(19(2)31-18)28(35)39-17-29(3,4)16-32(5)15-20-10-8-7-9-11-20/h7-14,26,31H,15-17H2,1-6H3. The Labute approximate surface area is 227 Å². The molecule has 0 amide bonds. The molecule has 0 fully saturated rings. The summed E-state index contributed by atoms with van der Waals surface area (Å²) in [7, 11) is 3.15. The van der Waals surface area contributed by atoms with Gasteiger partial charge in [-0.3, -0.25) is 10.1 Å². The van der Waals surface area contributed by atoms with Gasteiger partial charge in [-0.25, -0.2) is 14.0 Å². The Morgan fingerprint density at radius 1 is 1.08 bits per heavy atom. The molecule has 9 nitrogen and oxygen atoms in total. The van der Waals surface area contributed by atoms with Gasteiger partial charge in [0.05, 0.1) is 35.7 Å². The Morgan fingerprint density at radius 3 is 2.28 bits per heavy atom. The van der Waals surface area contributed by atoms with Gasteiger partial charge >= 0.3 is 11.9 Å². The first-order chi connectivity index (χ1) is 18.3. The average Bonchev–Trinajstić information content (AvgIpc) is 2.87. The summed E-state index contributed by atoms with van der Waals surface area (Å²) in [4.78, 5) is 39.2. The van der Waals surface area contributed by atoms with Crippen molar-refractivity contribution in [3.63, 3.8) is 0 Å². The molecule has 3 rings (SSSR count). The maximum absolute atomic E-state index is 15.1. The number of nitro groups is 1. The van der Waals surface area contributed by atoms with Crippen LogP contribution in [0, 0.1) is 21.3 Å². The predicted molar refractivity (Wildman–Crippen MR) is 144 cm³/mol. The molecule has 0 aromatic heterocycles. The Kier molecular flexibility index (Phi) is 9.24. The van der Waals surface area contributed by atoms with Crippen molar-refractivity contribution in [2.75, 3.05) is 27.3 Å². The summed E-state index contributed by atoms with van der Waals surface area (Å²) in [6, 6.07) is 13.0. The van der Waals surface area contributed by atoms with Crippen LogP contribution >= 0.6 is 0 Å². The van der Waals surface area contributed by atoms with E-state index in [0.717, 1.165) is 23.8 Å². The SMILES string of the molecule is COC(=O)C1=C(C)NC(C)=C(C(=O)OCC(C)(C)CN(C)Cc2ccccc2)C1c1cc([N+](=O)[O-])ccc1F. The number of ether oxygens (including phenoxy) is 2. The van der Waals surface area contributed by atoms with E-state index in [2.05, 4.69) is 10.2 Å². The molecule has 208 valence electrons. The number of nitro benzene ring substituents is 1. The monoisotopic (exact) mass is 539 g/mol. The molecule has 0 aliphatic carbocycles. The number of carbonyl (C=O) groups is 2. The number of hydrogen-bond donors (Lipinski definition) is 1. The third kappa shape index (κ3) is 7.08. The number of non-ortho nitro benzene ring substituents is 1. The van der Waals surface area contributed by atoms with Crippen LogP contribution in [0.5, 0.6) is 0 Å². The Morgan fingerprint density at radius 2 is 1.69 bits per heavy atom. The van der Waals surface area contributed by atoms with E-state index in [1.54, 1.807) is 13.8 Å². The van der Waals surface area contributed by atoms with Gasteiger partial charge in [0.1, 0.15) is 5.82 Å². The summed E-state index contributed by atoms with van der Waals surface area (Å²) >= 11 is 0. The van der Waals surface area contributed by atoms with Gasteiger partial charge in [0, 0.05) is 47.6 Å². The molecule has 2 aromatic rings. The van der Waals surface area contributed by atoms with Gasteiger partial charge in [-0.15, -0.1) is 0 Å². The van der Waals surface area contributed by atoms with E-state index in [1.165, 1.54) is 7.11 Å². The highest BCUT2D eigenvalue weighted by molar-refractivity contribution is 6.00. The van der Waals surface area contributed by atoms with E-state index in [1.807, 2.05) is 51.2 Å². The van der Waals surface area contributed by atoms with E-state index in [9.17, 15) is 19.7 Å². The smallest absolute Gasteiger partial charge is 0.336 e. The minimum atomic E-state index is -1.27. The Balaban J connectivity index is 1.89. The fourth-order valence-electron chi connectivity index (χ4n) is 4.89. The molecular weight excluding hydrogens is 505 g/mol. The molecule has 1 atom stereocenters. The molecule has 39 heavy (non-hydrogen) atoms. The summed E-state index contributed by atoms with van der Waals surface area (Å²) in [5, 5.41) is 14.4. The highest BCUT2D eigenvalue weighted by Gasteiger charge is 2.40. The maximum Gasteiger partial charge on any atom is 0.336 e. The molecule has 1 unspecified atom stereocenters. The fourth-order valence-corrected chi connectivity index (χ4v) is 4.89. The van der Waals surface area contributed by atoms with E-state index in [0.29, 0.717) is 24.5 Å². The number of carbonyl (C=O) groups excluding carboxylic acids is 2. The first kappa shape index (κ1) is 29.5. The zero-order valence-corrected chi connectivity index (χ0v) is 23.0. The van der Waals surface area contributed by atoms with Crippen molar-refractivity contribution in [3.8, 4) is 0 Å². The van der Waals surface area contributed by atoms with E-state index in [-0.39, 0.29) is 29.0 Å². The van der Waals surface area contributed by atoms with E-state index >= 15 is 4.39 Å². The number of nitrogens with zero attached hydrogens (tertiary/aromatic N) is 2. The zero-order valence-electron chi connectivity index (χ0n) is 23.0. The molecule has 1 heterocycles. The lowest BCUT2D eigenvalue weighted by Gasteiger charge is -2.32. The number of rotatable bonds is 10. The Bertz CT molecular complexity index is 1320. The van der Waals surface area contributed by atoms with Crippen LogP contribution in [0.3, 0.4) is 0 Å². The number of dihydropyridines is 1. The van der Waals surface area contributed by atoms with Crippen molar-refractivity contribution >= 4 is 17.6 Å². The Hall–Kier alpha value is -4.05. The van der Waals surface area contributed by atoms with Gasteiger partial charge in [-0.1, -0.05) is 44.2 Å². The number of hydrogen-bond acceptors (Lipinski definition) is 8. The molecular formula is C29H34FN3O6. The average molecular weight is 540 g/mol. The third-order valence-corrected chi connectivity index (χ3v) is 6.47. The number of esters is 2. The normalized spacial score (nSPS) is 15.7. The van der Waals surface area contributed by atoms with E-state index in [4.69, 9.17) is 9.47 Å². The lowest BCUT2D eigenvalue weighted by Crippen LogP contribution is -2.37. The summed E-state index contributed by atoms with van der Waals surface area (Å²) in [6.45, 7) is 8.49. The van der Waals surface area contributed by atoms with Crippen LogP contribution in [-0.4, -0.2) is 49.1 Å². The van der Waals surface area contributed by atoms with Gasteiger partial charge in [0.2, 0.25) is 0 Å². The second kappa shape index (κ2) is 12.2. The summed E-state index contributed by atoms with van der Waals surface area (Å²) in [5.41, 5.74) is 0.776.